The molecule has 0 bridgehead atoms. The number of Topliss-reactive ketones (excluding diaryl/α,β-unsaturated/α-hetero) is 1. The molecule has 0 spiro atoms. The predicted octanol–water partition coefficient (Wildman–Crippen LogP) is 12.5. The molecule has 0 heterocycles. The van der Waals surface area contributed by atoms with Crippen LogP contribution in [0.4, 0.5) is 105 Å². The van der Waals surface area contributed by atoms with Crippen LogP contribution < -0.4 is 21.9 Å². The first-order valence-corrected chi connectivity index (χ1v) is 18.7. The zero-order valence-electron chi connectivity index (χ0n) is 32.4. The monoisotopic (exact) mass is 1030 g/mol. The van der Waals surface area contributed by atoms with Crippen molar-refractivity contribution in [3.63, 3.8) is 0 Å². The lowest BCUT2D eigenvalue weighted by Crippen LogP contribution is -2.75. The van der Waals surface area contributed by atoms with Crippen LogP contribution in [-0.2, 0) is 65.3 Å². The third kappa shape index (κ3) is 12.6. The van der Waals surface area contributed by atoms with Crippen molar-refractivity contribution in [3.05, 3.63) is 153 Å². The number of hydrogen-bond acceptors (Lipinski definition) is 2. The molecule has 0 saturated carbocycles. The summed E-state index contributed by atoms with van der Waals surface area (Å²) in [5.74, 6) is -0.0881. The van der Waals surface area contributed by atoms with E-state index >= 15 is 0 Å². The molecule has 5 rings (SSSR count). The van der Waals surface area contributed by atoms with Gasteiger partial charge in [-0.1, -0.05) is 78.9 Å². The highest BCUT2D eigenvalue weighted by molar-refractivity contribution is 7.66. The van der Waals surface area contributed by atoms with Gasteiger partial charge in [0.15, 0.2) is 0 Å². The molecule has 5 aromatic rings. The van der Waals surface area contributed by atoms with E-state index in [1.165, 1.54) is 0 Å². The van der Waals surface area contributed by atoms with Gasteiger partial charge in [0, 0.05) is 9.77 Å². The Balaban J connectivity index is 0.000000802. The van der Waals surface area contributed by atoms with Gasteiger partial charge >= 0.3 is 61.1 Å². The molecule has 0 aromatic heterocycles. The maximum atomic E-state index is 14.2. The van der Waals surface area contributed by atoms with E-state index in [0.717, 1.165) is 0 Å². The zero-order chi connectivity index (χ0) is 52.0. The van der Waals surface area contributed by atoms with Crippen LogP contribution in [-0.4, -0.2) is 17.7 Å². The van der Waals surface area contributed by atoms with Crippen molar-refractivity contribution in [1.29, 1.82) is 0 Å². The fourth-order valence-electron chi connectivity index (χ4n) is 6.83. The van der Waals surface area contributed by atoms with Crippen molar-refractivity contribution in [1.82, 2.24) is 0 Å². The van der Waals surface area contributed by atoms with E-state index in [2.05, 4.69) is 0 Å². The number of rotatable bonds is 7. The number of halogens is 24. The zero-order valence-corrected chi connectivity index (χ0v) is 33.2. The van der Waals surface area contributed by atoms with Gasteiger partial charge in [-0.05, 0) is 24.3 Å². The van der Waals surface area contributed by atoms with Crippen molar-refractivity contribution < 1.29 is 114 Å². The second kappa shape index (κ2) is 18.6. The highest BCUT2D eigenvalue weighted by Gasteiger charge is 2.47. The van der Waals surface area contributed by atoms with E-state index in [0.29, 0.717) is 17.2 Å². The standard InChI is InChI=1S/C32H12BF24.C8H7O2S/c34-25(35,36)13-1-14(26(37,38)39)6-21(5-13)33(22-7-15(27(40,41)42)2-16(8-22)28(43,44)45,23-9-17(29(46,47)48)3-18(10-23)30(49,50)51)24-11-19(31(52,53)54)4-20(12-24)32(55,56)57;9-8(6-11-10)7-4-2-1-3-5-7/h1-12H;1-5H,6H2/q-1;+1. The molecular weight excluding hydrogens is 1010 g/mol. The Bertz CT molecular complexity index is 2200. The highest BCUT2D eigenvalue weighted by atomic mass is 32.1. The Morgan fingerprint density at radius 1 is 0.338 bits per heavy atom. The Morgan fingerprint density at radius 3 is 0.691 bits per heavy atom. The number of ketones is 1. The first-order chi connectivity index (χ1) is 30.6. The fraction of sp³-hybridized carbons (Fsp3) is 0.225. The van der Waals surface area contributed by atoms with Crippen LogP contribution in [0.5, 0.6) is 0 Å². The van der Waals surface area contributed by atoms with Crippen molar-refractivity contribution in [2.75, 3.05) is 5.75 Å². The minimum Gasteiger partial charge on any atom is -0.288 e. The number of hydrogen-bond donors (Lipinski definition) is 0. The molecule has 0 N–H and O–H groups in total. The number of carbonyl (C=O) groups excluding carboxylic acids is 1. The second-order valence-electron chi connectivity index (χ2n) is 14.3. The third-order valence-electron chi connectivity index (χ3n) is 9.73. The summed E-state index contributed by atoms with van der Waals surface area (Å²) in [7, 11) is 0. The van der Waals surface area contributed by atoms with Crippen LogP contribution in [0.2, 0.25) is 0 Å². The molecule has 0 fully saturated rings. The molecule has 0 unspecified atom stereocenters. The van der Waals surface area contributed by atoms with Gasteiger partial charge in [-0.3, -0.25) is 4.79 Å². The molecule has 0 aliphatic heterocycles. The maximum absolute atomic E-state index is 14.2. The molecule has 368 valence electrons. The average molecular weight is 1030 g/mol. The molecular formula is C40H19BF24O2S. The Morgan fingerprint density at radius 2 is 0.529 bits per heavy atom. The smallest absolute Gasteiger partial charge is 0.288 e. The number of alkyl halides is 24. The second-order valence-corrected chi connectivity index (χ2v) is 14.8. The minimum atomic E-state index is -6.13. The molecule has 2 nitrogen and oxygen atoms in total. The summed E-state index contributed by atoms with van der Waals surface area (Å²) in [6.45, 7) is 0. The van der Waals surface area contributed by atoms with Crippen LogP contribution in [0.3, 0.4) is 0 Å². The van der Waals surface area contributed by atoms with E-state index < -0.39 is 195 Å². The van der Waals surface area contributed by atoms with Crippen LogP contribution in [0.1, 0.15) is 54.9 Å². The molecule has 0 saturated heterocycles. The van der Waals surface area contributed by atoms with Crippen molar-refractivity contribution >= 4 is 45.4 Å². The minimum absolute atomic E-state index is 0.0179. The molecule has 0 radical (unpaired) electrons. The largest absolute Gasteiger partial charge is 0.467 e. The van der Waals surface area contributed by atoms with Crippen LogP contribution in [0, 0.1) is 0 Å². The Kier molecular flexibility index (Phi) is 15.0. The van der Waals surface area contributed by atoms with E-state index in [1.807, 2.05) is 6.07 Å². The summed E-state index contributed by atoms with van der Waals surface area (Å²) in [6.07, 6.45) is -54.8. The molecule has 0 amide bonds. The molecule has 0 aliphatic carbocycles. The topological polar surface area (TPSA) is 34.1 Å². The van der Waals surface area contributed by atoms with Crippen LogP contribution in [0.25, 0.3) is 0 Å². The van der Waals surface area contributed by atoms with E-state index in [-0.39, 0.29) is 11.5 Å². The van der Waals surface area contributed by atoms with Gasteiger partial charge in [0.05, 0.1) is 44.5 Å². The van der Waals surface area contributed by atoms with Crippen LogP contribution in [0.15, 0.2) is 103 Å². The van der Waals surface area contributed by atoms with Gasteiger partial charge in [-0.25, -0.2) is 0 Å². The van der Waals surface area contributed by atoms with Gasteiger partial charge in [0.2, 0.25) is 5.78 Å². The summed E-state index contributed by atoms with van der Waals surface area (Å²) in [5, 5.41) is 0. The van der Waals surface area contributed by atoms with Gasteiger partial charge < -0.3 is 0 Å². The average Bonchev–Trinajstić information content (AvgIpc) is 3.19. The van der Waals surface area contributed by atoms with E-state index in [4.69, 9.17) is 0 Å². The lowest BCUT2D eigenvalue weighted by molar-refractivity contribution is -0.144. The lowest BCUT2D eigenvalue weighted by Gasteiger charge is -2.46. The molecule has 68 heavy (non-hydrogen) atoms. The third-order valence-corrected chi connectivity index (χ3v) is 10.1. The summed E-state index contributed by atoms with van der Waals surface area (Å²) in [6, 6.07) is -0.00115. The summed E-state index contributed by atoms with van der Waals surface area (Å²) in [5.41, 5.74) is -29.6. The lowest BCUT2D eigenvalue weighted by atomic mass is 9.12. The van der Waals surface area contributed by atoms with Gasteiger partial charge in [0.25, 0.3) is 5.75 Å². The summed E-state index contributed by atoms with van der Waals surface area (Å²) < 4.78 is 351. The van der Waals surface area contributed by atoms with Gasteiger partial charge in [0.1, 0.15) is 6.15 Å². The summed E-state index contributed by atoms with van der Waals surface area (Å²) >= 11 is 0.305. The Hall–Kier alpha value is -5.83. The quantitative estimate of drug-likeness (QED) is 0.0705. The fourth-order valence-corrected chi connectivity index (χ4v) is 7.11. The summed E-state index contributed by atoms with van der Waals surface area (Å²) in [4.78, 5) is 11.0. The van der Waals surface area contributed by atoms with Crippen molar-refractivity contribution in [3.8, 4) is 0 Å². The number of carbonyl (C=O) groups is 1. The van der Waals surface area contributed by atoms with Crippen LogP contribution >= 0.6 is 0 Å². The van der Waals surface area contributed by atoms with Gasteiger partial charge in [-0.2, -0.15) is 127 Å². The van der Waals surface area contributed by atoms with E-state index in [1.54, 1.807) is 24.3 Å². The highest BCUT2D eigenvalue weighted by Crippen LogP contribution is 2.41. The first kappa shape index (κ1) is 54.8. The van der Waals surface area contributed by atoms with Crippen molar-refractivity contribution in [2.24, 2.45) is 0 Å². The van der Waals surface area contributed by atoms with Gasteiger partial charge in [-0.15, -0.1) is 0 Å². The SMILES string of the molecule is FC(F)(F)c1cc([B-](c2cc(C(F)(F)F)cc(C(F)(F)F)c2)(c2cc(C(F)(F)F)cc(C(F)(F)F)c2)c2cc(C(F)(F)F)cc(C(F)(F)F)c2)cc(C(F)(F)F)c1.O=[S+]CC(=O)c1ccccc1. The number of benzene rings is 5. The molecule has 5 aromatic carbocycles. The van der Waals surface area contributed by atoms with Crippen molar-refractivity contribution in [2.45, 2.75) is 49.4 Å². The molecule has 0 atom stereocenters. The Labute approximate surface area is 368 Å². The molecule has 28 heteroatoms. The normalized spacial score (nSPS) is 13.5. The first-order valence-electron chi connectivity index (χ1n) is 17.8. The predicted molar refractivity (Wildman–Crippen MR) is 194 cm³/mol. The molecule has 0 aliphatic rings. The maximum Gasteiger partial charge on any atom is 0.467 e. The van der Waals surface area contributed by atoms with E-state index in [9.17, 15) is 114 Å².